The molecule has 3 N–H and O–H groups in total. The largest absolute Gasteiger partial charge is 0.478 e. The second kappa shape index (κ2) is 7.75. The van der Waals surface area contributed by atoms with Crippen molar-refractivity contribution in [1.29, 1.82) is 0 Å². The van der Waals surface area contributed by atoms with Crippen LogP contribution in [-0.4, -0.2) is 59.2 Å². The molecular formula is C22H27N5O2. The lowest BCUT2D eigenvalue weighted by atomic mass is 10.0. The van der Waals surface area contributed by atoms with Crippen molar-refractivity contribution in [1.82, 2.24) is 14.9 Å². The minimum atomic E-state index is -0.927. The number of aromatic carboxylic acids is 1. The molecule has 7 nitrogen and oxygen atoms in total. The van der Waals surface area contributed by atoms with Crippen molar-refractivity contribution in [2.45, 2.75) is 19.8 Å². The topological polar surface area (TPSA) is 84.5 Å². The first-order valence-corrected chi connectivity index (χ1v) is 9.99. The van der Waals surface area contributed by atoms with Gasteiger partial charge in [-0.15, -0.1) is 0 Å². The molecule has 0 atom stereocenters. The van der Waals surface area contributed by atoms with Crippen molar-refractivity contribution >= 4 is 34.3 Å². The number of rotatable bonds is 5. The monoisotopic (exact) mass is 393 g/mol. The predicted molar refractivity (Wildman–Crippen MR) is 117 cm³/mol. The molecule has 3 aromatic rings. The maximum Gasteiger partial charge on any atom is 0.337 e. The van der Waals surface area contributed by atoms with Gasteiger partial charge < -0.3 is 25.2 Å². The van der Waals surface area contributed by atoms with Crippen LogP contribution in [0.4, 0.5) is 17.3 Å². The molecule has 1 saturated heterocycles. The fourth-order valence-electron chi connectivity index (χ4n) is 3.83. The number of nitrogens with one attached hydrogen (secondary N) is 2. The molecule has 0 amide bonds. The van der Waals surface area contributed by atoms with E-state index in [9.17, 15) is 9.90 Å². The molecule has 1 aliphatic heterocycles. The molecule has 0 saturated carbocycles. The summed E-state index contributed by atoms with van der Waals surface area (Å²) in [4.78, 5) is 24.2. The molecule has 29 heavy (non-hydrogen) atoms. The van der Waals surface area contributed by atoms with E-state index in [2.05, 4.69) is 52.0 Å². The number of carboxylic acids is 1. The van der Waals surface area contributed by atoms with Crippen LogP contribution in [0.25, 0.3) is 11.0 Å². The third-order valence-electron chi connectivity index (χ3n) is 5.51. The molecule has 0 unspecified atom stereocenters. The van der Waals surface area contributed by atoms with Crippen LogP contribution in [0.3, 0.4) is 0 Å². The molecule has 0 aliphatic carbocycles. The first-order valence-electron chi connectivity index (χ1n) is 9.99. The van der Waals surface area contributed by atoms with Gasteiger partial charge in [-0.05, 0) is 36.7 Å². The highest BCUT2D eigenvalue weighted by atomic mass is 16.4. The number of imidazole rings is 1. The van der Waals surface area contributed by atoms with Crippen LogP contribution in [0.2, 0.25) is 0 Å². The molecule has 1 aromatic heterocycles. The average Bonchev–Trinajstić information content (AvgIpc) is 3.09. The van der Waals surface area contributed by atoms with Gasteiger partial charge in [0.2, 0.25) is 5.95 Å². The summed E-state index contributed by atoms with van der Waals surface area (Å²) in [6.45, 7) is 7.76. The minimum absolute atomic E-state index is 0.294. The van der Waals surface area contributed by atoms with Gasteiger partial charge >= 0.3 is 5.97 Å². The van der Waals surface area contributed by atoms with E-state index in [0.717, 1.165) is 43.1 Å². The van der Waals surface area contributed by atoms with E-state index in [1.165, 1.54) is 5.56 Å². The summed E-state index contributed by atoms with van der Waals surface area (Å²) in [5.41, 5.74) is 4.72. The number of carbonyl (C=O) groups is 1. The summed E-state index contributed by atoms with van der Waals surface area (Å²) in [5.74, 6) is 0.0639. The summed E-state index contributed by atoms with van der Waals surface area (Å²) < 4.78 is 0. The van der Waals surface area contributed by atoms with E-state index < -0.39 is 5.97 Å². The molecule has 152 valence electrons. The van der Waals surface area contributed by atoms with Crippen LogP contribution in [0.1, 0.15) is 35.7 Å². The van der Waals surface area contributed by atoms with E-state index >= 15 is 0 Å². The Hall–Kier alpha value is -3.06. The maximum absolute atomic E-state index is 11.9. The van der Waals surface area contributed by atoms with Crippen LogP contribution in [0.15, 0.2) is 36.4 Å². The Morgan fingerprint density at radius 1 is 1.17 bits per heavy atom. The van der Waals surface area contributed by atoms with Gasteiger partial charge in [0, 0.05) is 31.9 Å². The number of anilines is 3. The van der Waals surface area contributed by atoms with Crippen LogP contribution in [0, 0.1) is 0 Å². The molecule has 0 bridgehead atoms. The van der Waals surface area contributed by atoms with Crippen LogP contribution in [0.5, 0.6) is 0 Å². The van der Waals surface area contributed by atoms with E-state index in [4.69, 9.17) is 0 Å². The number of carboxylic acid groups (broad SMARTS) is 1. The lowest BCUT2D eigenvalue weighted by molar-refractivity contribution is 0.0697. The zero-order valence-corrected chi connectivity index (χ0v) is 17.1. The molecule has 1 fully saturated rings. The Balaban J connectivity index is 1.70. The van der Waals surface area contributed by atoms with E-state index in [1.54, 1.807) is 6.07 Å². The zero-order valence-electron chi connectivity index (χ0n) is 17.1. The van der Waals surface area contributed by atoms with Gasteiger partial charge in [-0.2, -0.15) is 0 Å². The molecule has 7 heteroatoms. The van der Waals surface area contributed by atoms with Gasteiger partial charge in [-0.25, -0.2) is 9.78 Å². The molecule has 2 heterocycles. The van der Waals surface area contributed by atoms with Crippen molar-refractivity contribution < 1.29 is 9.90 Å². The average molecular weight is 393 g/mol. The second-order valence-corrected chi connectivity index (χ2v) is 7.93. The highest BCUT2D eigenvalue weighted by Crippen LogP contribution is 2.30. The molecule has 1 aliphatic rings. The number of H-pyrrole nitrogens is 1. The Morgan fingerprint density at radius 3 is 2.59 bits per heavy atom. The third-order valence-corrected chi connectivity index (χ3v) is 5.51. The Kier molecular flexibility index (Phi) is 5.15. The first kappa shape index (κ1) is 19.3. The smallest absolute Gasteiger partial charge is 0.337 e. The number of para-hydroxylation sites is 1. The second-order valence-electron chi connectivity index (χ2n) is 7.93. The summed E-state index contributed by atoms with van der Waals surface area (Å²) in [6.07, 6.45) is 0. The van der Waals surface area contributed by atoms with Crippen LogP contribution < -0.4 is 10.2 Å². The summed E-state index contributed by atoms with van der Waals surface area (Å²) in [7, 11) is 2.08. The molecular weight excluding hydrogens is 366 g/mol. The van der Waals surface area contributed by atoms with Gasteiger partial charge in [-0.3, -0.25) is 0 Å². The van der Waals surface area contributed by atoms with Crippen molar-refractivity contribution in [2.24, 2.45) is 0 Å². The number of piperazine rings is 1. The van der Waals surface area contributed by atoms with Gasteiger partial charge in [-0.1, -0.05) is 32.0 Å². The molecule has 2 aromatic carbocycles. The fraction of sp³-hybridized carbons (Fsp3) is 0.364. The number of fused-ring (bicyclic) bond motifs is 1. The SMILES string of the molecule is CC(C)c1ccccc1Nc1nc2cc(C(=O)O)c(N3CCN(C)CC3)cc2[nH]1. The number of likely N-dealkylation sites (N-methyl/N-ethyl adjacent to an activating group) is 1. The fourth-order valence-corrected chi connectivity index (χ4v) is 3.83. The van der Waals surface area contributed by atoms with E-state index in [0.29, 0.717) is 22.9 Å². The van der Waals surface area contributed by atoms with Crippen LogP contribution in [-0.2, 0) is 0 Å². The lowest BCUT2D eigenvalue weighted by Crippen LogP contribution is -2.45. The Bertz CT molecular complexity index is 1030. The standard InChI is InChI=1S/C22H27N5O2/c1-14(2)15-6-4-5-7-17(15)23-22-24-18-12-16(21(28)29)20(13-19(18)25-22)27-10-8-26(3)9-11-27/h4-7,12-14H,8-11H2,1-3H3,(H,28,29)(H2,23,24,25). The molecule has 4 rings (SSSR count). The van der Waals surface area contributed by atoms with Crippen LogP contribution >= 0.6 is 0 Å². The highest BCUT2D eigenvalue weighted by molar-refractivity contribution is 6.00. The van der Waals surface area contributed by atoms with E-state index in [-0.39, 0.29) is 0 Å². The predicted octanol–water partition coefficient (Wildman–Crippen LogP) is 3.88. The zero-order chi connectivity index (χ0) is 20.5. The molecule has 0 radical (unpaired) electrons. The quantitative estimate of drug-likeness (QED) is 0.610. The summed E-state index contributed by atoms with van der Waals surface area (Å²) >= 11 is 0. The maximum atomic E-state index is 11.9. The Labute approximate surface area is 170 Å². The number of hydrogen-bond acceptors (Lipinski definition) is 5. The van der Waals surface area contributed by atoms with E-state index in [1.807, 2.05) is 24.3 Å². The number of aromatic amines is 1. The number of hydrogen-bond donors (Lipinski definition) is 3. The van der Waals surface area contributed by atoms with Crippen molar-refractivity contribution in [3.8, 4) is 0 Å². The molecule has 0 spiro atoms. The number of aromatic nitrogens is 2. The van der Waals surface area contributed by atoms with Crippen molar-refractivity contribution in [3.63, 3.8) is 0 Å². The normalized spacial score (nSPS) is 15.2. The van der Waals surface area contributed by atoms with Crippen molar-refractivity contribution in [3.05, 3.63) is 47.5 Å². The summed E-state index contributed by atoms with van der Waals surface area (Å²) in [5, 5.41) is 13.1. The summed E-state index contributed by atoms with van der Waals surface area (Å²) in [6, 6.07) is 11.7. The first-order chi connectivity index (χ1) is 13.9. The van der Waals surface area contributed by atoms with Gasteiger partial charge in [0.25, 0.3) is 0 Å². The third kappa shape index (κ3) is 3.91. The number of benzene rings is 2. The number of nitrogens with zero attached hydrogens (tertiary/aromatic N) is 3. The van der Waals surface area contributed by atoms with Gasteiger partial charge in [0.05, 0.1) is 22.3 Å². The lowest BCUT2D eigenvalue weighted by Gasteiger charge is -2.34. The van der Waals surface area contributed by atoms with Gasteiger partial charge in [0.15, 0.2) is 0 Å². The Morgan fingerprint density at radius 2 is 1.90 bits per heavy atom. The van der Waals surface area contributed by atoms with Crippen molar-refractivity contribution in [2.75, 3.05) is 43.4 Å². The highest BCUT2D eigenvalue weighted by Gasteiger charge is 2.22. The minimum Gasteiger partial charge on any atom is -0.478 e. The van der Waals surface area contributed by atoms with Gasteiger partial charge in [0.1, 0.15) is 0 Å².